The number of hydrogen-bond donors (Lipinski definition) is 7. The van der Waals surface area contributed by atoms with Crippen LogP contribution in [0.25, 0.3) is 0 Å². The predicted molar refractivity (Wildman–Crippen MR) is 193 cm³/mol. The largest absolute Gasteiger partial charge is 0.480 e. The van der Waals surface area contributed by atoms with Gasteiger partial charge in [0.1, 0.15) is 18.1 Å². The standard InChI is InChI=1S/C34H55Cl2N7O6/c35-17-23-43(24-18-36)26-13-10-25(11-14-26)12-15-29(34(48)49)38-20-5-2-8-28-33(47)40-22-16-31(45)42-27(7-1-4-19-37)32(46)39-21-6-3-9-30(44)41-28/h10-11,13-14,27-29,38H,1-9,12,15-24,37H2,(H,39,46)(H,40,47)(H,41,44)(H,42,45)(H,48,49)/t27-,28-,29-/m0/s1. The number of amides is 4. The first-order chi connectivity index (χ1) is 23.7. The molecule has 3 atom stereocenters. The molecule has 1 aliphatic rings. The number of halogens is 2. The Labute approximate surface area is 300 Å². The predicted octanol–water partition coefficient (Wildman–Crippen LogP) is 2.02. The van der Waals surface area contributed by atoms with Gasteiger partial charge in [0.15, 0.2) is 0 Å². The zero-order valence-corrected chi connectivity index (χ0v) is 30.0. The monoisotopic (exact) mass is 727 g/mol. The average molecular weight is 729 g/mol. The summed E-state index contributed by atoms with van der Waals surface area (Å²) in [6.07, 6.45) is 5.71. The zero-order chi connectivity index (χ0) is 35.9. The van der Waals surface area contributed by atoms with Crippen molar-refractivity contribution in [2.75, 3.05) is 55.9 Å². The molecule has 1 saturated heterocycles. The molecule has 0 unspecified atom stereocenters. The number of nitrogens with zero attached hydrogens (tertiary/aromatic N) is 1. The zero-order valence-electron chi connectivity index (χ0n) is 28.5. The minimum absolute atomic E-state index is 0.0157. The quantitative estimate of drug-likeness (QED) is 0.0824. The lowest BCUT2D eigenvalue weighted by molar-refractivity contribution is -0.139. The van der Waals surface area contributed by atoms with Gasteiger partial charge in [0, 0.05) is 56.5 Å². The highest BCUT2D eigenvalue weighted by Crippen LogP contribution is 2.17. The van der Waals surface area contributed by atoms with Crippen molar-refractivity contribution in [3.63, 3.8) is 0 Å². The summed E-state index contributed by atoms with van der Waals surface area (Å²) >= 11 is 11.8. The Bertz CT molecular complexity index is 1150. The molecule has 2 rings (SSSR count). The van der Waals surface area contributed by atoms with E-state index in [-0.39, 0.29) is 43.0 Å². The van der Waals surface area contributed by atoms with Crippen LogP contribution in [0.15, 0.2) is 24.3 Å². The number of carboxylic acids is 1. The Morgan fingerprint density at radius 3 is 2.04 bits per heavy atom. The number of benzene rings is 1. The van der Waals surface area contributed by atoms with Crippen LogP contribution >= 0.6 is 23.2 Å². The molecule has 4 amide bonds. The number of hydrogen-bond acceptors (Lipinski definition) is 8. The molecular weight excluding hydrogens is 673 g/mol. The minimum atomic E-state index is -0.929. The smallest absolute Gasteiger partial charge is 0.320 e. The first kappa shape index (κ1) is 42.0. The first-order valence-corrected chi connectivity index (χ1v) is 18.5. The highest BCUT2D eigenvalue weighted by Gasteiger charge is 2.23. The molecule has 49 heavy (non-hydrogen) atoms. The number of aliphatic carboxylic acids is 1. The number of unbranched alkanes of at least 4 members (excludes halogenated alkanes) is 2. The fourth-order valence-corrected chi connectivity index (χ4v) is 5.96. The van der Waals surface area contributed by atoms with Crippen molar-refractivity contribution in [3.8, 4) is 0 Å². The fraction of sp³-hybridized carbons (Fsp3) is 0.676. The summed E-state index contributed by atoms with van der Waals surface area (Å²) in [6, 6.07) is 5.78. The van der Waals surface area contributed by atoms with Gasteiger partial charge >= 0.3 is 5.97 Å². The second-order valence-electron chi connectivity index (χ2n) is 12.2. The Morgan fingerprint density at radius 1 is 0.857 bits per heavy atom. The molecule has 1 aromatic carbocycles. The van der Waals surface area contributed by atoms with Gasteiger partial charge in [-0.15, -0.1) is 23.2 Å². The maximum absolute atomic E-state index is 13.0. The molecule has 13 nitrogen and oxygen atoms in total. The highest BCUT2D eigenvalue weighted by molar-refractivity contribution is 6.18. The lowest BCUT2D eigenvalue weighted by Gasteiger charge is -2.23. The van der Waals surface area contributed by atoms with Gasteiger partial charge in [-0.1, -0.05) is 12.1 Å². The van der Waals surface area contributed by atoms with Crippen LogP contribution < -0.4 is 37.2 Å². The van der Waals surface area contributed by atoms with E-state index < -0.39 is 24.1 Å². The van der Waals surface area contributed by atoms with Crippen molar-refractivity contribution in [2.24, 2.45) is 5.73 Å². The lowest BCUT2D eigenvalue weighted by Crippen LogP contribution is -2.49. The van der Waals surface area contributed by atoms with Crippen LogP contribution in [0.1, 0.15) is 76.2 Å². The van der Waals surface area contributed by atoms with Crippen LogP contribution in [0.2, 0.25) is 0 Å². The number of anilines is 1. The third-order valence-corrected chi connectivity index (χ3v) is 8.71. The number of nitrogens with one attached hydrogen (secondary N) is 5. The second kappa shape index (κ2) is 24.9. The highest BCUT2D eigenvalue weighted by atomic mass is 35.5. The van der Waals surface area contributed by atoms with Gasteiger partial charge < -0.3 is 42.3 Å². The molecule has 1 fully saturated rings. The molecular formula is C34H55Cl2N7O6. The normalized spacial score (nSPS) is 18.9. The molecule has 276 valence electrons. The number of rotatable bonds is 19. The minimum Gasteiger partial charge on any atom is -0.480 e. The molecule has 1 aromatic rings. The summed E-state index contributed by atoms with van der Waals surface area (Å²) < 4.78 is 0. The van der Waals surface area contributed by atoms with Gasteiger partial charge in [0.05, 0.1) is 0 Å². The van der Waals surface area contributed by atoms with Crippen molar-refractivity contribution in [1.82, 2.24) is 26.6 Å². The van der Waals surface area contributed by atoms with Crippen molar-refractivity contribution in [1.29, 1.82) is 0 Å². The molecule has 0 bridgehead atoms. The average Bonchev–Trinajstić information content (AvgIpc) is 3.07. The first-order valence-electron chi connectivity index (χ1n) is 17.4. The van der Waals surface area contributed by atoms with Gasteiger partial charge in [-0.25, -0.2) is 0 Å². The van der Waals surface area contributed by atoms with E-state index in [1.165, 1.54) is 0 Å². The van der Waals surface area contributed by atoms with Crippen LogP contribution in [0.3, 0.4) is 0 Å². The molecule has 0 radical (unpaired) electrons. The van der Waals surface area contributed by atoms with Crippen molar-refractivity contribution < 1.29 is 29.1 Å². The van der Waals surface area contributed by atoms with Gasteiger partial charge in [-0.2, -0.15) is 0 Å². The molecule has 1 heterocycles. The van der Waals surface area contributed by atoms with Crippen LogP contribution in [0, 0.1) is 0 Å². The van der Waals surface area contributed by atoms with E-state index in [1.54, 1.807) is 0 Å². The summed E-state index contributed by atoms with van der Waals surface area (Å²) in [7, 11) is 0. The molecule has 0 aliphatic carbocycles. The second-order valence-corrected chi connectivity index (χ2v) is 13.0. The van der Waals surface area contributed by atoms with Gasteiger partial charge in [0.2, 0.25) is 23.6 Å². The van der Waals surface area contributed by atoms with Gasteiger partial charge in [-0.3, -0.25) is 24.0 Å². The molecule has 0 aromatic heterocycles. The number of alkyl halides is 2. The maximum atomic E-state index is 13.0. The van der Waals surface area contributed by atoms with Crippen LogP contribution in [-0.4, -0.2) is 104 Å². The molecule has 15 heteroatoms. The maximum Gasteiger partial charge on any atom is 0.320 e. The van der Waals surface area contributed by atoms with E-state index in [0.29, 0.717) is 102 Å². The number of aryl methyl sites for hydroxylation is 1. The van der Waals surface area contributed by atoms with E-state index in [4.69, 9.17) is 28.9 Å². The number of nitrogens with two attached hydrogens (primary N) is 1. The van der Waals surface area contributed by atoms with Crippen LogP contribution in [0.4, 0.5) is 5.69 Å². The Balaban J connectivity index is 1.86. The Kier molecular flexibility index (Phi) is 21.4. The van der Waals surface area contributed by atoms with Crippen molar-refractivity contribution in [2.45, 2.75) is 95.2 Å². The summed E-state index contributed by atoms with van der Waals surface area (Å²) in [5.41, 5.74) is 7.62. The topological polar surface area (TPSA) is 195 Å². The third kappa shape index (κ3) is 17.4. The lowest BCUT2D eigenvalue weighted by atomic mass is 10.0. The number of carbonyl (C=O) groups is 5. The Hall–Kier alpha value is -3.13. The van der Waals surface area contributed by atoms with E-state index in [0.717, 1.165) is 17.7 Å². The summed E-state index contributed by atoms with van der Waals surface area (Å²) in [5.74, 6) is -1.22. The summed E-state index contributed by atoms with van der Waals surface area (Å²) in [4.78, 5) is 64.9. The molecule has 0 saturated carbocycles. The molecule has 0 spiro atoms. The van der Waals surface area contributed by atoms with E-state index in [2.05, 4.69) is 31.5 Å². The van der Waals surface area contributed by atoms with Gasteiger partial charge in [0.25, 0.3) is 0 Å². The third-order valence-electron chi connectivity index (χ3n) is 8.37. The summed E-state index contributed by atoms with van der Waals surface area (Å²) in [5, 5.41) is 24.0. The van der Waals surface area contributed by atoms with Crippen molar-refractivity contribution >= 4 is 58.5 Å². The fourth-order valence-electron chi connectivity index (χ4n) is 5.55. The van der Waals surface area contributed by atoms with Gasteiger partial charge in [-0.05, 0) is 95.0 Å². The summed E-state index contributed by atoms with van der Waals surface area (Å²) in [6.45, 7) is 2.74. The molecule has 8 N–H and O–H groups in total. The number of carbonyl (C=O) groups excluding carboxylic acids is 4. The van der Waals surface area contributed by atoms with Crippen molar-refractivity contribution in [3.05, 3.63) is 29.8 Å². The van der Waals surface area contributed by atoms with E-state index in [9.17, 15) is 29.1 Å². The van der Waals surface area contributed by atoms with E-state index in [1.807, 2.05) is 24.3 Å². The molecule has 1 aliphatic heterocycles. The van der Waals surface area contributed by atoms with Crippen LogP contribution in [0.5, 0.6) is 0 Å². The Morgan fingerprint density at radius 2 is 1.45 bits per heavy atom. The number of carboxylic acid groups (broad SMARTS) is 1. The van der Waals surface area contributed by atoms with Crippen LogP contribution in [-0.2, 0) is 30.4 Å². The van der Waals surface area contributed by atoms with E-state index >= 15 is 0 Å². The SMILES string of the molecule is NCCCC[C@@H]1NC(=O)CCNC(=O)[C@H](CCCCN[C@@H](CCc2ccc(N(CCCl)CCCl)cc2)C(=O)O)NC(=O)CCCCNC1=O.